The molecule has 0 aliphatic carbocycles. The smallest absolute Gasteiger partial charge is 0.125 e. The molecule has 116 valence electrons. The maximum absolute atomic E-state index is 4.82. The van der Waals surface area contributed by atoms with Gasteiger partial charge in [-0.2, -0.15) is 0 Å². The molecule has 4 aromatic rings. The van der Waals surface area contributed by atoms with Crippen LogP contribution in [0.3, 0.4) is 0 Å². The van der Waals surface area contributed by atoms with E-state index in [9.17, 15) is 0 Å². The highest BCUT2D eigenvalue weighted by Gasteiger charge is 2.07. The summed E-state index contributed by atoms with van der Waals surface area (Å²) in [6, 6.07) is 16.3. The zero-order chi connectivity index (χ0) is 16.5. The van der Waals surface area contributed by atoms with Gasteiger partial charge in [0.15, 0.2) is 0 Å². The average Bonchev–Trinajstić information content (AvgIpc) is 2.98. The van der Waals surface area contributed by atoms with Gasteiger partial charge in [0, 0.05) is 26.7 Å². The molecule has 0 radical (unpaired) electrons. The summed E-state index contributed by atoms with van der Waals surface area (Å²) in [6.45, 7) is 5.59. The second-order valence-electron chi connectivity index (χ2n) is 5.42. The lowest BCUT2D eigenvalue weighted by atomic mass is 10.1. The fraction of sp³-hybridized carbons (Fsp3) is 0.0500. The molecule has 0 unspecified atom stereocenters. The molecule has 0 saturated heterocycles. The first-order valence-electron chi connectivity index (χ1n) is 7.68. The molecule has 3 heterocycles. The van der Waals surface area contributed by atoms with Gasteiger partial charge in [0.1, 0.15) is 4.83 Å². The van der Waals surface area contributed by atoms with Gasteiger partial charge in [0.05, 0.1) is 16.9 Å². The largest absolute Gasteiger partial charge is 0.272 e. The van der Waals surface area contributed by atoms with Gasteiger partial charge in [-0.1, -0.05) is 30.3 Å². The van der Waals surface area contributed by atoms with Crippen molar-refractivity contribution in [1.82, 2.24) is 9.97 Å². The van der Waals surface area contributed by atoms with Crippen LogP contribution in [0.1, 0.15) is 6.92 Å². The number of aliphatic imine (C=N–C) groups is 1. The van der Waals surface area contributed by atoms with E-state index in [0.717, 1.165) is 42.3 Å². The van der Waals surface area contributed by atoms with Crippen LogP contribution in [-0.4, -0.2) is 16.7 Å². The molecule has 4 heteroatoms. The second kappa shape index (κ2) is 5.98. The third kappa shape index (κ3) is 2.41. The van der Waals surface area contributed by atoms with Gasteiger partial charge in [0.25, 0.3) is 0 Å². The van der Waals surface area contributed by atoms with Gasteiger partial charge in [-0.3, -0.25) is 4.99 Å². The lowest BCUT2D eigenvalue weighted by Gasteiger charge is -2.02. The number of thiophene rings is 1. The molecule has 0 N–H and O–H groups in total. The zero-order valence-electron chi connectivity index (χ0n) is 13.2. The summed E-state index contributed by atoms with van der Waals surface area (Å²) in [5.74, 6) is 0. The maximum Gasteiger partial charge on any atom is 0.125 e. The van der Waals surface area contributed by atoms with Gasteiger partial charge in [-0.05, 0) is 37.9 Å². The maximum atomic E-state index is 4.82. The third-order valence-electron chi connectivity index (χ3n) is 3.97. The quantitative estimate of drug-likeness (QED) is 0.525. The average molecular weight is 329 g/mol. The minimum absolute atomic E-state index is 0.885. The van der Waals surface area contributed by atoms with Crippen LogP contribution >= 0.6 is 11.3 Å². The zero-order valence-corrected chi connectivity index (χ0v) is 14.0. The van der Waals surface area contributed by atoms with E-state index in [2.05, 4.69) is 36.0 Å². The topological polar surface area (TPSA) is 38.1 Å². The Morgan fingerprint density at radius 3 is 2.62 bits per heavy atom. The normalized spacial score (nSPS) is 13.0. The lowest BCUT2D eigenvalue weighted by molar-refractivity contribution is 1.33. The van der Waals surface area contributed by atoms with Crippen LogP contribution in [0.15, 0.2) is 53.5 Å². The van der Waals surface area contributed by atoms with Crippen molar-refractivity contribution in [3.8, 4) is 11.4 Å². The molecule has 0 saturated carbocycles. The molecule has 0 aliphatic heterocycles. The summed E-state index contributed by atoms with van der Waals surface area (Å²) >= 11 is 1.66. The summed E-state index contributed by atoms with van der Waals surface area (Å²) in [5.41, 5.74) is 2.75. The van der Waals surface area contributed by atoms with Gasteiger partial charge in [-0.15, -0.1) is 11.3 Å². The molecule has 1 aromatic carbocycles. The van der Waals surface area contributed by atoms with E-state index in [1.54, 1.807) is 17.5 Å². The van der Waals surface area contributed by atoms with Gasteiger partial charge in [0.2, 0.25) is 0 Å². The molecule has 3 nitrogen and oxygen atoms in total. The van der Waals surface area contributed by atoms with Crippen LogP contribution in [0.25, 0.3) is 44.8 Å². The highest BCUT2D eigenvalue weighted by molar-refractivity contribution is 7.16. The molecule has 0 fully saturated rings. The fourth-order valence-electron chi connectivity index (χ4n) is 2.81. The molecular formula is C20H15N3S. The first kappa shape index (κ1) is 14.7. The van der Waals surface area contributed by atoms with Crippen molar-refractivity contribution in [3.05, 3.63) is 58.3 Å². The van der Waals surface area contributed by atoms with Crippen molar-refractivity contribution in [2.24, 2.45) is 4.99 Å². The Morgan fingerprint density at radius 2 is 1.79 bits per heavy atom. The Balaban J connectivity index is 1.94. The molecule has 0 aliphatic rings. The molecule has 0 bridgehead atoms. The minimum Gasteiger partial charge on any atom is -0.272 e. The number of hydrogen-bond acceptors (Lipinski definition) is 4. The number of nitrogens with zero attached hydrogens (tertiary/aromatic N) is 3. The van der Waals surface area contributed by atoms with E-state index >= 15 is 0 Å². The summed E-state index contributed by atoms with van der Waals surface area (Å²) in [6.07, 6.45) is 3.88. The van der Waals surface area contributed by atoms with E-state index in [1.165, 1.54) is 0 Å². The molecular weight excluding hydrogens is 314 g/mol. The van der Waals surface area contributed by atoms with Crippen molar-refractivity contribution < 1.29 is 0 Å². The monoisotopic (exact) mass is 329 g/mol. The van der Waals surface area contributed by atoms with Crippen molar-refractivity contribution in [3.63, 3.8) is 0 Å². The number of rotatable bonds is 2. The van der Waals surface area contributed by atoms with Crippen LogP contribution in [0.5, 0.6) is 0 Å². The highest BCUT2D eigenvalue weighted by atomic mass is 32.1. The van der Waals surface area contributed by atoms with Crippen LogP contribution in [-0.2, 0) is 0 Å². The Morgan fingerprint density at radius 1 is 1.00 bits per heavy atom. The first-order chi connectivity index (χ1) is 11.8. The van der Waals surface area contributed by atoms with Crippen LogP contribution < -0.4 is 9.75 Å². The molecule has 0 amide bonds. The van der Waals surface area contributed by atoms with Crippen molar-refractivity contribution in [2.45, 2.75) is 6.92 Å². The Labute approximate surface area is 143 Å². The Kier molecular flexibility index (Phi) is 3.67. The second-order valence-corrected chi connectivity index (χ2v) is 6.45. The minimum atomic E-state index is 0.885. The van der Waals surface area contributed by atoms with E-state index in [1.807, 2.05) is 37.3 Å². The Hall–Kier alpha value is -2.85. The standard InChI is InChI=1S/C20H15N3S/c1-3-19-15(12-21-2)14-9-11-18(23-20(14)24-19)17-10-8-13-6-4-5-7-16(13)22-17/h3-12H,2H2,1H3/b15-12-,19-3+. The van der Waals surface area contributed by atoms with Crippen LogP contribution in [0.4, 0.5) is 0 Å². The molecule has 3 aromatic heterocycles. The van der Waals surface area contributed by atoms with Gasteiger partial charge in [-0.25, -0.2) is 9.97 Å². The number of hydrogen-bond donors (Lipinski definition) is 0. The summed E-state index contributed by atoms with van der Waals surface area (Å²) in [5, 5.41) is 3.32. The number of fused-ring (bicyclic) bond motifs is 2. The van der Waals surface area contributed by atoms with E-state index in [-0.39, 0.29) is 0 Å². The first-order valence-corrected chi connectivity index (χ1v) is 8.50. The highest BCUT2D eigenvalue weighted by Crippen LogP contribution is 2.22. The Bertz CT molecular complexity index is 1190. The number of pyridine rings is 2. The van der Waals surface area contributed by atoms with E-state index in [0.29, 0.717) is 0 Å². The summed E-state index contributed by atoms with van der Waals surface area (Å²) in [4.78, 5) is 14.5. The van der Waals surface area contributed by atoms with Crippen molar-refractivity contribution >= 4 is 51.4 Å². The van der Waals surface area contributed by atoms with Gasteiger partial charge >= 0.3 is 0 Å². The third-order valence-corrected chi connectivity index (χ3v) is 5.15. The lowest BCUT2D eigenvalue weighted by Crippen LogP contribution is -2.17. The molecule has 0 spiro atoms. The fourth-order valence-corrected chi connectivity index (χ4v) is 3.84. The van der Waals surface area contributed by atoms with E-state index in [4.69, 9.17) is 9.97 Å². The summed E-state index contributed by atoms with van der Waals surface area (Å²) in [7, 11) is 0. The van der Waals surface area contributed by atoms with Crippen molar-refractivity contribution in [2.75, 3.05) is 0 Å². The number of benzene rings is 1. The van der Waals surface area contributed by atoms with Crippen LogP contribution in [0, 0.1) is 0 Å². The SMILES string of the molecule is C=N/C=c1\c(=C/C)sc2nc(-c3ccc4ccccc4n3)ccc12. The molecule has 0 atom stereocenters. The van der Waals surface area contributed by atoms with E-state index < -0.39 is 0 Å². The number of para-hydroxylation sites is 1. The molecule has 4 rings (SSSR count). The molecule has 24 heavy (non-hydrogen) atoms. The predicted octanol–water partition coefficient (Wildman–Crippen LogP) is 3.75. The van der Waals surface area contributed by atoms with Crippen LogP contribution in [0.2, 0.25) is 0 Å². The predicted molar refractivity (Wildman–Crippen MR) is 104 cm³/mol. The summed E-state index contributed by atoms with van der Waals surface area (Å²) < 4.78 is 1.16. The van der Waals surface area contributed by atoms with Crippen molar-refractivity contribution in [1.29, 1.82) is 0 Å². The number of aromatic nitrogens is 2. The van der Waals surface area contributed by atoms with Gasteiger partial charge < -0.3 is 0 Å².